The van der Waals surface area contributed by atoms with Crippen molar-refractivity contribution in [2.24, 2.45) is 5.73 Å². The van der Waals surface area contributed by atoms with Crippen LogP contribution in [0.2, 0.25) is 0 Å². The first-order valence-corrected chi connectivity index (χ1v) is 7.33. The summed E-state index contributed by atoms with van der Waals surface area (Å²) >= 11 is 0. The van der Waals surface area contributed by atoms with Gasteiger partial charge in [-0.3, -0.25) is 4.79 Å². The number of hydrogen-bond donors (Lipinski definition) is 2. The van der Waals surface area contributed by atoms with Crippen LogP contribution >= 0.6 is 12.4 Å². The molecule has 0 radical (unpaired) electrons. The summed E-state index contributed by atoms with van der Waals surface area (Å²) in [6, 6.07) is 10.2. The molecule has 0 unspecified atom stereocenters. The van der Waals surface area contributed by atoms with Crippen LogP contribution in [0.3, 0.4) is 0 Å². The number of carbonyl (C=O) groups is 1. The van der Waals surface area contributed by atoms with E-state index in [1.165, 1.54) is 5.56 Å². The number of carbonyl (C=O) groups excluding carboxylic acids is 1. The Bertz CT molecular complexity index is 402. The zero-order chi connectivity index (χ0) is 13.6. The maximum absolute atomic E-state index is 12.6. The molecule has 0 saturated heterocycles. The fourth-order valence-electron chi connectivity index (χ4n) is 3.02. The van der Waals surface area contributed by atoms with Crippen molar-refractivity contribution < 1.29 is 4.79 Å². The monoisotopic (exact) mass is 296 g/mol. The summed E-state index contributed by atoms with van der Waals surface area (Å²) in [6.07, 6.45) is 6.17. The second kappa shape index (κ2) is 8.28. The lowest BCUT2D eigenvalue weighted by atomic mass is 9.78. The molecule has 3 nitrogen and oxygen atoms in total. The molecule has 0 heterocycles. The molecule has 1 aliphatic rings. The quantitative estimate of drug-likeness (QED) is 0.793. The van der Waals surface area contributed by atoms with Crippen molar-refractivity contribution in [1.29, 1.82) is 0 Å². The van der Waals surface area contributed by atoms with Gasteiger partial charge in [0.25, 0.3) is 0 Å². The first-order valence-electron chi connectivity index (χ1n) is 7.33. The highest BCUT2D eigenvalue weighted by molar-refractivity contribution is 5.88. The van der Waals surface area contributed by atoms with Crippen LogP contribution in [-0.4, -0.2) is 19.0 Å². The van der Waals surface area contributed by atoms with E-state index in [9.17, 15) is 4.79 Å². The van der Waals surface area contributed by atoms with Gasteiger partial charge in [-0.2, -0.15) is 0 Å². The van der Waals surface area contributed by atoms with Crippen molar-refractivity contribution in [1.82, 2.24) is 5.32 Å². The van der Waals surface area contributed by atoms with Crippen molar-refractivity contribution in [3.05, 3.63) is 35.9 Å². The molecule has 0 bridgehead atoms. The van der Waals surface area contributed by atoms with Crippen LogP contribution in [0.1, 0.15) is 44.1 Å². The van der Waals surface area contributed by atoms with Crippen LogP contribution in [0.15, 0.2) is 30.3 Å². The highest BCUT2D eigenvalue weighted by atomic mass is 35.5. The smallest absolute Gasteiger partial charge is 0.230 e. The minimum absolute atomic E-state index is 0. The van der Waals surface area contributed by atoms with Gasteiger partial charge in [-0.15, -0.1) is 12.4 Å². The van der Waals surface area contributed by atoms with Crippen LogP contribution in [-0.2, 0) is 10.2 Å². The minimum Gasteiger partial charge on any atom is -0.355 e. The Balaban J connectivity index is 0.00000200. The SMILES string of the molecule is Cl.NCCCCNC(=O)C1(c2ccccc2)CCCC1. The number of hydrogen-bond acceptors (Lipinski definition) is 2. The average Bonchev–Trinajstić information content (AvgIpc) is 2.95. The molecular weight excluding hydrogens is 272 g/mol. The molecule has 20 heavy (non-hydrogen) atoms. The van der Waals surface area contributed by atoms with Crippen molar-refractivity contribution >= 4 is 18.3 Å². The zero-order valence-corrected chi connectivity index (χ0v) is 12.8. The van der Waals surface area contributed by atoms with Gasteiger partial charge in [0, 0.05) is 6.54 Å². The lowest BCUT2D eigenvalue weighted by molar-refractivity contribution is -0.126. The maximum Gasteiger partial charge on any atom is 0.230 e. The van der Waals surface area contributed by atoms with Gasteiger partial charge in [-0.05, 0) is 37.8 Å². The molecule has 3 N–H and O–H groups in total. The molecule has 4 heteroatoms. The predicted molar refractivity (Wildman–Crippen MR) is 85.1 cm³/mol. The van der Waals surface area contributed by atoms with Gasteiger partial charge in [0.1, 0.15) is 0 Å². The normalized spacial score (nSPS) is 16.4. The first-order chi connectivity index (χ1) is 9.29. The van der Waals surface area contributed by atoms with Crippen molar-refractivity contribution in [3.63, 3.8) is 0 Å². The molecule has 1 saturated carbocycles. The number of nitrogens with two attached hydrogens (primary N) is 1. The predicted octanol–water partition coefficient (Wildman–Crippen LogP) is 2.78. The fourth-order valence-corrected chi connectivity index (χ4v) is 3.02. The summed E-state index contributed by atoms with van der Waals surface area (Å²) in [4.78, 5) is 12.6. The third-order valence-electron chi connectivity index (χ3n) is 4.13. The van der Waals surface area contributed by atoms with Crippen LogP contribution in [0.25, 0.3) is 0 Å². The summed E-state index contributed by atoms with van der Waals surface area (Å²) in [6.45, 7) is 1.43. The van der Waals surface area contributed by atoms with Gasteiger partial charge in [0.15, 0.2) is 0 Å². The lowest BCUT2D eigenvalue weighted by Crippen LogP contribution is -2.43. The standard InChI is InChI=1S/C16H24N2O.ClH/c17-12-6-7-13-18-15(19)16(10-4-5-11-16)14-8-2-1-3-9-14;/h1-3,8-9H,4-7,10-13,17H2,(H,18,19);1H. The van der Waals surface area contributed by atoms with Gasteiger partial charge in [0.05, 0.1) is 5.41 Å². The Labute approximate surface area is 127 Å². The van der Waals surface area contributed by atoms with E-state index in [2.05, 4.69) is 17.4 Å². The van der Waals surface area contributed by atoms with Crippen molar-refractivity contribution in [2.75, 3.05) is 13.1 Å². The number of amides is 1. The Morgan fingerprint density at radius 2 is 1.80 bits per heavy atom. The summed E-state index contributed by atoms with van der Waals surface area (Å²) in [5.74, 6) is 0.202. The number of unbranched alkanes of at least 4 members (excludes halogenated alkanes) is 1. The van der Waals surface area contributed by atoms with E-state index >= 15 is 0 Å². The largest absolute Gasteiger partial charge is 0.355 e. The zero-order valence-electron chi connectivity index (χ0n) is 11.9. The summed E-state index contributed by atoms with van der Waals surface area (Å²) in [7, 11) is 0. The highest BCUT2D eigenvalue weighted by Crippen LogP contribution is 2.41. The molecule has 0 atom stereocenters. The van der Waals surface area contributed by atoms with Crippen LogP contribution in [0, 0.1) is 0 Å². The van der Waals surface area contributed by atoms with E-state index in [1.807, 2.05) is 18.2 Å². The molecule has 1 fully saturated rings. The maximum atomic E-state index is 12.6. The first kappa shape index (κ1) is 17.0. The van der Waals surface area contributed by atoms with E-state index in [0.29, 0.717) is 6.54 Å². The summed E-state index contributed by atoms with van der Waals surface area (Å²) in [5.41, 5.74) is 6.35. The molecule has 0 spiro atoms. The Morgan fingerprint density at radius 3 is 2.40 bits per heavy atom. The Hall–Kier alpha value is -1.06. The van der Waals surface area contributed by atoms with Crippen LogP contribution in [0.4, 0.5) is 0 Å². The van der Waals surface area contributed by atoms with Crippen LogP contribution < -0.4 is 11.1 Å². The highest BCUT2D eigenvalue weighted by Gasteiger charge is 2.42. The van der Waals surface area contributed by atoms with Crippen LogP contribution in [0.5, 0.6) is 0 Å². The molecule has 1 aliphatic carbocycles. The third-order valence-corrected chi connectivity index (χ3v) is 4.13. The van der Waals surface area contributed by atoms with Crippen molar-refractivity contribution in [3.8, 4) is 0 Å². The molecule has 2 rings (SSSR count). The average molecular weight is 297 g/mol. The lowest BCUT2D eigenvalue weighted by Gasteiger charge is -2.28. The van der Waals surface area contributed by atoms with Gasteiger partial charge < -0.3 is 11.1 Å². The van der Waals surface area contributed by atoms with E-state index in [4.69, 9.17) is 5.73 Å². The number of rotatable bonds is 6. The molecule has 0 aliphatic heterocycles. The van der Waals surface area contributed by atoms with E-state index in [1.54, 1.807) is 0 Å². The molecule has 1 aromatic carbocycles. The second-order valence-electron chi connectivity index (χ2n) is 5.41. The third kappa shape index (κ3) is 3.74. The number of benzene rings is 1. The van der Waals surface area contributed by atoms with Crippen molar-refractivity contribution in [2.45, 2.75) is 43.9 Å². The molecular formula is C16H25ClN2O. The second-order valence-corrected chi connectivity index (χ2v) is 5.41. The molecule has 1 amide bonds. The van der Waals surface area contributed by atoms with Gasteiger partial charge in [0.2, 0.25) is 5.91 Å². The summed E-state index contributed by atoms with van der Waals surface area (Å²) in [5, 5.41) is 3.10. The number of nitrogens with one attached hydrogen (secondary N) is 1. The van der Waals surface area contributed by atoms with Gasteiger partial charge >= 0.3 is 0 Å². The van der Waals surface area contributed by atoms with Gasteiger partial charge in [-0.1, -0.05) is 43.2 Å². The topological polar surface area (TPSA) is 55.1 Å². The Morgan fingerprint density at radius 1 is 1.15 bits per heavy atom. The Kier molecular flexibility index (Phi) is 7.03. The molecule has 0 aromatic heterocycles. The number of halogens is 1. The molecule has 1 aromatic rings. The van der Waals surface area contributed by atoms with E-state index in [0.717, 1.165) is 45.1 Å². The van der Waals surface area contributed by atoms with E-state index in [-0.39, 0.29) is 23.7 Å². The van der Waals surface area contributed by atoms with E-state index < -0.39 is 0 Å². The minimum atomic E-state index is -0.288. The van der Waals surface area contributed by atoms with Gasteiger partial charge in [-0.25, -0.2) is 0 Å². The summed E-state index contributed by atoms with van der Waals surface area (Å²) < 4.78 is 0. The molecule has 112 valence electrons. The fraction of sp³-hybridized carbons (Fsp3) is 0.562.